The molecule has 2 rings (SSSR count). The maximum Gasteiger partial charge on any atom is 0.231 e. The van der Waals surface area contributed by atoms with E-state index < -0.39 is 0 Å². The molecule has 1 aliphatic rings. The molecule has 0 aliphatic carbocycles. The van der Waals surface area contributed by atoms with Gasteiger partial charge in [-0.2, -0.15) is 0 Å². The number of carbonyl (C=O) groups is 1. The molecule has 3 nitrogen and oxygen atoms in total. The minimum Gasteiger partial charge on any atom is -0.326 e. The van der Waals surface area contributed by atoms with Gasteiger partial charge in [-0.15, -0.1) is 0 Å². The Morgan fingerprint density at radius 3 is 2.74 bits per heavy atom. The Morgan fingerprint density at radius 1 is 1.42 bits per heavy atom. The van der Waals surface area contributed by atoms with Crippen molar-refractivity contribution in [2.75, 3.05) is 25.0 Å². The fraction of sp³-hybridized carbons (Fsp3) is 0.533. The van der Waals surface area contributed by atoms with Crippen molar-refractivity contribution in [3.63, 3.8) is 0 Å². The third-order valence-electron chi connectivity index (χ3n) is 3.74. The van der Waals surface area contributed by atoms with Gasteiger partial charge in [-0.1, -0.05) is 6.92 Å². The molecule has 0 spiro atoms. The van der Waals surface area contributed by atoms with Gasteiger partial charge in [-0.25, -0.2) is 4.39 Å². The summed E-state index contributed by atoms with van der Waals surface area (Å²) in [5, 5.41) is 2.88. The van der Waals surface area contributed by atoms with E-state index in [4.69, 9.17) is 0 Å². The van der Waals surface area contributed by atoms with E-state index in [9.17, 15) is 9.18 Å². The average Bonchev–Trinajstić information content (AvgIpc) is 2.76. The fourth-order valence-corrected chi connectivity index (χ4v) is 2.56. The number of hydrogen-bond acceptors (Lipinski definition) is 2. The van der Waals surface area contributed by atoms with Gasteiger partial charge in [0, 0.05) is 12.2 Å². The fourth-order valence-electron chi connectivity index (χ4n) is 2.56. The van der Waals surface area contributed by atoms with Gasteiger partial charge in [-0.05, 0) is 57.1 Å². The van der Waals surface area contributed by atoms with Gasteiger partial charge in [0.05, 0.1) is 5.41 Å². The maximum atomic E-state index is 12.8. The summed E-state index contributed by atoms with van der Waals surface area (Å²) in [5.41, 5.74) is 0.311. The number of carbonyl (C=O) groups excluding carboxylic acids is 1. The van der Waals surface area contributed by atoms with Crippen LogP contribution in [0.15, 0.2) is 24.3 Å². The van der Waals surface area contributed by atoms with E-state index in [0.717, 1.165) is 32.5 Å². The van der Waals surface area contributed by atoms with E-state index in [1.54, 1.807) is 12.1 Å². The zero-order valence-corrected chi connectivity index (χ0v) is 11.6. The molecule has 1 atom stereocenters. The number of anilines is 1. The molecular formula is C15H21FN2O. The Labute approximate surface area is 113 Å². The van der Waals surface area contributed by atoms with Crippen LogP contribution in [0.25, 0.3) is 0 Å². The van der Waals surface area contributed by atoms with Gasteiger partial charge >= 0.3 is 0 Å². The Bertz CT molecular complexity index is 446. The molecule has 4 heteroatoms. The van der Waals surface area contributed by atoms with Crippen LogP contribution < -0.4 is 5.32 Å². The molecule has 1 amide bonds. The number of amides is 1. The molecule has 1 unspecified atom stereocenters. The van der Waals surface area contributed by atoms with Gasteiger partial charge in [0.15, 0.2) is 0 Å². The van der Waals surface area contributed by atoms with E-state index in [-0.39, 0.29) is 17.1 Å². The molecular weight excluding hydrogens is 243 g/mol. The summed E-state index contributed by atoms with van der Waals surface area (Å²) in [6, 6.07) is 5.90. The van der Waals surface area contributed by atoms with Crippen LogP contribution in [0.4, 0.5) is 10.1 Å². The van der Waals surface area contributed by atoms with Crippen LogP contribution in [-0.4, -0.2) is 30.4 Å². The van der Waals surface area contributed by atoms with Crippen molar-refractivity contribution in [2.45, 2.75) is 26.7 Å². The summed E-state index contributed by atoms with van der Waals surface area (Å²) >= 11 is 0. The first kappa shape index (κ1) is 14.0. The zero-order valence-electron chi connectivity index (χ0n) is 11.6. The first-order chi connectivity index (χ1) is 9.03. The lowest BCUT2D eigenvalue weighted by atomic mass is 9.88. The van der Waals surface area contributed by atoms with Gasteiger partial charge in [0.2, 0.25) is 5.91 Å². The first-order valence-electron chi connectivity index (χ1n) is 6.83. The normalized spacial score (nSPS) is 23.5. The van der Waals surface area contributed by atoms with Gasteiger partial charge in [0.1, 0.15) is 5.82 Å². The molecule has 19 heavy (non-hydrogen) atoms. The number of hydrogen-bond donors (Lipinski definition) is 1. The van der Waals surface area contributed by atoms with E-state index in [0.29, 0.717) is 5.69 Å². The van der Waals surface area contributed by atoms with Crippen LogP contribution in [0.2, 0.25) is 0 Å². The average molecular weight is 264 g/mol. The second-order valence-electron chi connectivity index (χ2n) is 5.55. The number of nitrogens with zero attached hydrogens (tertiary/aromatic N) is 1. The number of halogens is 1. The highest BCUT2D eigenvalue weighted by Crippen LogP contribution is 2.31. The summed E-state index contributed by atoms with van der Waals surface area (Å²) in [6.45, 7) is 6.96. The molecule has 1 heterocycles. The molecule has 0 radical (unpaired) electrons. The van der Waals surface area contributed by atoms with Gasteiger partial charge in [-0.3, -0.25) is 4.79 Å². The van der Waals surface area contributed by atoms with Crippen molar-refractivity contribution in [3.8, 4) is 0 Å². The summed E-state index contributed by atoms with van der Waals surface area (Å²) in [7, 11) is 0. The molecule has 0 saturated carbocycles. The Balaban J connectivity index is 1.98. The lowest BCUT2D eigenvalue weighted by molar-refractivity contribution is -0.124. The number of nitrogens with one attached hydrogen (secondary N) is 1. The lowest BCUT2D eigenvalue weighted by Crippen LogP contribution is -2.36. The Kier molecular flexibility index (Phi) is 4.20. The third kappa shape index (κ3) is 3.32. The van der Waals surface area contributed by atoms with E-state index in [2.05, 4.69) is 17.1 Å². The summed E-state index contributed by atoms with van der Waals surface area (Å²) in [5.74, 6) is -0.267. The molecule has 104 valence electrons. The van der Waals surface area contributed by atoms with Crippen LogP contribution >= 0.6 is 0 Å². The van der Waals surface area contributed by atoms with Crippen molar-refractivity contribution >= 4 is 11.6 Å². The van der Waals surface area contributed by atoms with Crippen LogP contribution in [0.1, 0.15) is 26.7 Å². The molecule has 1 saturated heterocycles. The Hall–Kier alpha value is -1.42. The molecule has 1 aromatic rings. The van der Waals surface area contributed by atoms with Crippen LogP contribution in [0.5, 0.6) is 0 Å². The summed E-state index contributed by atoms with van der Waals surface area (Å²) in [6.07, 6.45) is 1.98. The van der Waals surface area contributed by atoms with E-state index in [1.807, 2.05) is 6.92 Å². The quantitative estimate of drug-likeness (QED) is 0.907. The van der Waals surface area contributed by atoms with Crippen LogP contribution in [0.3, 0.4) is 0 Å². The van der Waals surface area contributed by atoms with Crippen molar-refractivity contribution < 1.29 is 9.18 Å². The maximum absolute atomic E-state index is 12.8. The van der Waals surface area contributed by atoms with Crippen molar-refractivity contribution in [2.24, 2.45) is 5.41 Å². The second kappa shape index (κ2) is 5.70. The molecule has 1 aliphatic heterocycles. The molecule has 1 N–H and O–H groups in total. The molecule has 1 aromatic carbocycles. The SMILES string of the molecule is CCCN1CCC(C)(C(=O)Nc2ccc(F)cc2)C1. The lowest BCUT2D eigenvalue weighted by Gasteiger charge is -2.23. The minimum atomic E-state index is -0.344. The number of rotatable bonds is 4. The topological polar surface area (TPSA) is 32.3 Å². The van der Waals surface area contributed by atoms with Crippen molar-refractivity contribution in [1.82, 2.24) is 4.90 Å². The third-order valence-corrected chi connectivity index (χ3v) is 3.74. The molecule has 0 bridgehead atoms. The van der Waals surface area contributed by atoms with E-state index >= 15 is 0 Å². The monoisotopic (exact) mass is 264 g/mol. The highest BCUT2D eigenvalue weighted by atomic mass is 19.1. The Morgan fingerprint density at radius 2 is 2.11 bits per heavy atom. The highest BCUT2D eigenvalue weighted by molar-refractivity contribution is 5.95. The summed E-state index contributed by atoms with van der Waals surface area (Å²) < 4.78 is 12.8. The molecule has 1 fully saturated rings. The predicted molar refractivity (Wildman–Crippen MR) is 74.5 cm³/mol. The standard InChI is InChI=1S/C15H21FN2O/c1-3-9-18-10-8-15(2,11-18)14(19)17-13-6-4-12(16)5-7-13/h4-7H,3,8-11H2,1-2H3,(H,17,19). The number of benzene rings is 1. The van der Waals surface area contributed by atoms with Gasteiger partial charge in [0.25, 0.3) is 0 Å². The summed E-state index contributed by atoms with van der Waals surface area (Å²) in [4.78, 5) is 14.7. The van der Waals surface area contributed by atoms with Crippen LogP contribution in [-0.2, 0) is 4.79 Å². The number of likely N-dealkylation sites (tertiary alicyclic amines) is 1. The van der Waals surface area contributed by atoms with Gasteiger partial charge < -0.3 is 10.2 Å². The van der Waals surface area contributed by atoms with Crippen molar-refractivity contribution in [3.05, 3.63) is 30.1 Å². The van der Waals surface area contributed by atoms with Crippen LogP contribution in [0, 0.1) is 11.2 Å². The smallest absolute Gasteiger partial charge is 0.231 e. The van der Waals surface area contributed by atoms with E-state index in [1.165, 1.54) is 12.1 Å². The zero-order chi connectivity index (χ0) is 13.9. The molecule has 0 aromatic heterocycles. The highest BCUT2D eigenvalue weighted by Gasteiger charge is 2.39. The van der Waals surface area contributed by atoms with Crippen molar-refractivity contribution in [1.29, 1.82) is 0 Å². The predicted octanol–water partition coefficient (Wildman–Crippen LogP) is 2.89. The minimum absolute atomic E-state index is 0.0257. The first-order valence-corrected chi connectivity index (χ1v) is 6.83. The largest absolute Gasteiger partial charge is 0.326 e. The second-order valence-corrected chi connectivity index (χ2v) is 5.55.